The lowest BCUT2D eigenvalue weighted by Crippen LogP contribution is -2.00. The standard InChI is InChI=1S/C15H11ClN2O2/c1-20-15(19)10-7-11(16)13-12(8-10)17-14(18-13)9-5-3-2-4-6-9/h2-8H,1H3,(H,17,18). The number of ether oxygens (including phenoxy) is 1. The molecule has 100 valence electrons. The number of esters is 1. The molecule has 0 aliphatic heterocycles. The van der Waals surface area contributed by atoms with Crippen LogP contribution < -0.4 is 0 Å². The van der Waals surface area contributed by atoms with Crippen molar-refractivity contribution >= 4 is 28.6 Å². The van der Waals surface area contributed by atoms with Crippen molar-refractivity contribution in [2.45, 2.75) is 0 Å². The van der Waals surface area contributed by atoms with Crippen LogP contribution in [0, 0.1) is 0 Å². The first-order valence-electron chi connectivity index (χ1n) is 6.02. The molecule has 4 nitrogen and oxygen atoms in total. The number of aromatic amines is 1. The van der Waals surface area contributed by atoms with Crippen molar-refractivity contribution < 1.29 is 9.53 Å². The summed E-state index contributed by atoms with van der Waals surface area (Å²) in [6, 6.07) is 13.0. The average molecular weight is 287 g/mol. The molecule has 0 amide bonds. The number of methoxy groups -OCH3 is 1. The largest absolute Gasteiger partial charge is 0.465 e. The Morgan fingerprint density at radius 2 is 2.00 bits per heavy atom. The zero-order valence-electron chi connectivity index (χ0n) is 10.7. The molecule has 0 spiro atoms. The van der Waals surface area contributed by atoms with Gasteiger partial charge in [-0.3, -0.25) is 0 Å². The van der Waals surface area contributed by atoms with Crippen LogP contribution in [0.15, 0.2) is 42.5 Å². The van der Waals surface area contributed by atoms with Crippen molar-refractivity contribution in [2.24, 2.45) is 0 Å². The summed E-state index contributed by atoms with van der Waals surface area (Å²) in [5, 5.41) is 0.418. The van der Waals surface area contributed by atoms with Crippen LogP contribution >= 0.6 is 11.6 Å². The lowest BCUT2D eigenvalue weighted by Gasteiger charge is -1.99. The van der Waals surface area contributed by atoms with Crippen molar-refractivity contribution in [1.29, 1.82) is 0 Å². The van der Waals surface area contributed by atoms with Crippen LogP contribution in [0.4, 0.5) is 0 Å². The summed E-state index contributed by atoms with van der Waals surface area (Å²) in [4.78, 5) is 19.2. The zero-order valence-corrected chi connectivity index (χ0v) is 11.4. The van der Waals surface area contributed by atoms with E-state index < -0.39 is 5.97 Å². The minimum Gasteiger partial charge on any atom is -0.465 e. The van der Waals surface area contributed by atoms with E-state index in [-0.39, 0.29) is 0 Å². The fraction of sp³-hybridized carbons (Fsp3) is 0.0667. The maximum atomic E-state index is 11.6. The number of rotatable bonds is 2. The number of halogens is 1. The molecule has 0 atom stereocenters. The third-order valence-electron chi connectivity index (χ3n) is 3.01. The number of nitrogens with one attached hydrogen (secondary N) is 1. The summed E-state index contributed by atoms with van der Waals surface area (Å²) in [6.45, 7) is 0. The monoisotopic (exact) mass is 286 g/mol. The number of imidazole rings is 1. The van der Waals surface area contributed by atoms with Crippen LogP contribution in [0.5, 0.6) is 0 Å². The summed E-state index contributed by atoms with van der Waals surface area (Å²) < 4.78 is 4.70. The molecule has 0 saturated carbocycles. The van der Waals surface area contributed by atoms with Crippen LogP contribution in [-0.2, 0) is 4.74 Å². The molecule has 2 aromatic carbocycles. The molecule has 0 bridgehead atoms. The Morgan fingerprint density at radius 3 is 2.70 bits per heavy atom. The molecule has 3 rings (SSSR count). The second kappa shape index (κ2) is 4.98. The number of hydrogen-bond acceptors (Lipinski definition) is 3. The number of fused-ring (bicyclic) bond motifs is 1. The third kappa shape index (κ3) is 2.14. The average Bonchev–Trinajstić information content (AvgIpc) is 2.92. The second-order valence-electron chi connectivity index (χ2n) is 4.30. The fourth-order valence-corrected chi connectivity index (χ4v) is 2.31. The molecule has 0 fully saturated rings. The van der Waals surface area contributed by atoms with Crippen LogP contribution in [-0.4, -0.2) is 23.0 Å². The highest BCUT2D eigenvalue weighted by Gasteiger charge is 2.13. The van der Waals surface area contributed by atoms with Crippen molar-refractivity contribution in [3.05, 3.63) is 53.1 Å². The first kappa shape index (κ1) is 12.7. The van der Waals surface area contributed by atoms with Crippen LogP contribution in [0.25, 0.3) is 22.4 Å². The third-order valence-corrected chi connectivity index (χ3v) is 3.30. The van der Waals surface area contributed by atoms with E-state index in [0.717, 1.165) is 5.56 Å². The van der Waals surface area contributed by atoms with E-state index >= 15 is 0 Å². The summed E-state index contributed by atoms with van der Waals surface area (Å²) >= 11 is 6.17. The van der Waals surface area contributed by atoms with Gasteiger partial charge in [0.1, 0.15) is 11.3 Å². The molecule has 3 aromatic rings. The number of aromatic nitrogens is 2. The Labute approximate surface area is 120 Å². The number of nitrogens with zero attached hydrogens (tertiary/aromatic N) is 1. The van der Waals surface area contributed by atoms with E-state index in [0.29, 0.717) is 27.4 Å². The van der Waals surface area contributed by atoms with E-state index in [1.807, 2.05) is 30.3 Å². The molecular formula is C15H11ClN2O2. The first-order valence-corrected chi connectivity index (χ1v) is 6.40. The Kier molecular flexibility index (Phi) is 3.16. The van der Waals surface area contributed by atoms with Gasteiger partial charge in [0.25, 0.3) is 0 Å². The molecule has 1 N–H and O–H groups in total. The molecule has 5 heteroatoms. The molecule has 1 heterocycles. The van der Waals surface area contributed by atoms with Gasteiger partial charge in [-0.15, -0.1) is 0 Å². The summed E-state index contributed by atoms with van der Waals surface area (Å²) in [5.74, 6) is 0.286. The van der Waals surface area contributed by atoms with Crippen molar-refractivity contribution in [2.75, 3.05) is 7.11 Å². The molecule has 20 heavy (non-hydrogen) atoms. The minimum absolute atomic E-state index is 0.397. The predicted octanol–water partition coefficient (Wildman–Crippen LogP) is 3.67. The number of carbonyl (C=O) groups excluding carboxylic acids is 1. The van der Waals surface area contributed by atoms with Gasteiger partial charge in [-0.1, -0.05) is 41.9 Å². The van der Waals surface area contributed by atoms with Gasteiger partial charge in [0.2, 0.25) is 0 Å². The number of benzene rings is 2. The van der Waals surface area contributed by atoms with Gasteiger partial charge in [-0.05, 0) is 12.1 Å². The summed E-state index contributed by atoms with van der Waals surface area (Å²) in [6.07, 6.45) is 0. The minimum atomic E-state index is -0.426. The number of H-pyrrole nitrogens is 1. The lowest BCUT2D eigenvalue weighted by molar-refractivity contribution is 0.0601. The molecule has 1 aromatic heterocycles. The molecule has 0 aliphatic rings. The molecule has 0 unspecified atom stereocenters. The first-order chi connectivity index (χ1) is 9.69. The van der Waals surface area contributed by atoms with Crippen LogP contribution in [0.2, 0.25) is 5.02 Å². The van der Waals surface area contributed by atoms with Gasteiger partial charge in [0.05, 0.1) is 23.2 Å². The quantitative estimate of drug-likeness (QED) is 0.731. The molecule has 0 saturated heterocycles. The Hall–Kier alpha value is -2.33. The van der Waals surface area contributed by atoms with Gasteiger partial charge < -0.3 is 9.72 Å². The van der Waals surface area contributed by atoms with Crippen LogP contribution in [0.1, 0.15) is 10.4 Å². The van der Waals surface area contributed by atoms with Crippen molar-refractivity contribution in [3.8, 4) is 11.4 Å². The normalized spacial score (nSPS) is 10.7. The lowest BCUT2D eigenvalue weighted by atomic mass is 10.2. The SMILES string of the molecule is COC(=O)c1cc(Cl)c2nc(-c3ccccc3)[nH]c2c1. The van der Waals surface area contributed by atoms with E-state index in [4.69, 9.17) is 16.3 Å². The molecule has 0 aliphatic carbocycles. The van der Waals surface area contributed by atoms with Gasteiger partial charge in [-0.25, -0.2) is 9.78 Å². The predicted molar refractivity (Wildman–Crippen MR) is 77.9 cm³/mol. The Balaban J connectivity index is 2.16. The highest BCUT2D eigenvalue weighted by atomic mass is 35.5. The highest BCUT2D eigenvalue weighted by molar-refractivity contribution is 6.35. The van der Waals surface area contributed by atoms with Gasteiger partial charge in [-0.2, -0.15) is 0 Å². The van der Waals surface area contributed by atoms with Crippen molar-refractivity contribution in [1.82, 2.24) is 9.97 Å². The highest BCUT2D eigenvalue weighted by Crippen LogP contribution is 2.27. The molecular weight excluding hydrogens is 276 g/mol. The summed E-state index contributed by atoms with van der Waals surface area (Å²) in [5.41, 5.74) is 2.70. The van der Waals surface area contributed by atoms with Crippen molar-refractivity contribution in [3.63, 3.8) is 0 Å². The van der Waals surface area contributed by atoms with E-state index in [1.165, 1.54) is 7.11 Å². The summed E-state index contributed by atoms with van der Waals surface area (Å²) in [7, 11) is 1.34. The number of carbonyl (C=O) groups is 1. The zero-order chi connectivity index (χ0) is 14.1. The van der Waals surface area contributed by atoms with E-state index in [9.17, 15) is 4.79 Å². The Bertz CT molecular complexity index is 781. The van der Waals surface area contributed by atoms with E-state index in [1.54, 1.807) is 12.1 Å². The molecule has 0 radical (unpaired) electrons. The van der Waals surface area contributed by atoms with Crippen LogP contribution in [0.3, 0.4) is 0 Å². The smallest absolute Gasteiger partial charge is 0.337 e. The maximum Gasteiger partial charge on any atom is 0.337 e. The van der Waals surface area contributed by atoms with Gasteiger partial charge in [0, 0.05) is 5.56 Å². The number of hydrogen-bond donors (Lipinski definition) is 1. The second-order valence-corrected chi connectivity index (χ2v) is 4.70. The van der Waals surface area contributed by atoms with E-state index in [2.05, 4.69) is 9.97 Å². The van der Waals surface area contributed by atoms with Gasteiger partial charge in [0.15, 0.2) is 0 Å². The Morgan fingerprint density at radius 1 is 1.25 bits per heavy atom. The maximum absolute atomic E-state index is 11.6. The van der Waals surface area contributed by atoms with Gasteiger partial charge >= 0.3 is 5.97 Å². The fourth-order valence-electron chi connectivity index (χ4n) is 2.04. The topological polar surface area (TPSA) is 55.0 Å².